The average molecular weight is 513 g/mol. The quantitative estimate of drug-likeness (QED) is 0.265. The number of halogens is 3. The Morgan fingerprint density at radius 3 is 2.42 bits per heavy atom. The molecule has 0 bridgehead atoms. The molecule has 6 nitrogen and oxygen atoms in total. The number of hydrogen-bond donors (Lipinski definition) is 1. The Kier molecular flexibility index (Phi) is 7.94. The number of aromatic nitrogens is 3. The highest BCUT2D eigenvalue weighted by atomic mass is 32.2. The summed E-state index contributed by atoms with van der Waals surface area (Å²) in [5, 5.41) is 10.8. The lowest BCUT2D eigenvalue weighted by atomic mass is 10.2. The minimum atomic E-state index is -0.864. The van der Waals surface area contributed by atoms with Gasteiger partial charge in [-0.1, -0.05) is 49.0 Å². The second-order valence-corrected chi connectivity index (χ2v) is 9.00. The summed E-state index contributed by atoms with van der Waals surface area (Å²) >= 11 is 1.15. The van der Waals surface area contributed by atoms with E-state index in [-0.39, 0.29) is 11.4 Å². The van der Waals surface area contributed by atoms with Crippen molar-refractivity contribution in [2.75, 3.05) is 5.32 Å². The Balaban J connectivity index is 1.62. The van der Waals surface area contributed by atoms with E-state index in [1.165, 1.54) is 18.2 Å². The predicted octanol–water partition coefficient (Wildman–Crippen LogP) is 6.33. The Hall–Kier alpha value is -3.79. The molecule has 0 saturated heterocycles. The Morgan fingerprint density at radius 2 is 1.72 bits per heavy atom. The van der Waals surface area contributed by atoms with E-state index >= 15 is 0 Å². The van der Waals surface area contributed by atoms with Crippen molar-refractivity contribution in [3.8, 4) is 11.4 Å². The van der Waals surface area contributed by atoms with Crippen LogP contribution in [0.4, 0.5) is 18.9 Å². The standard InChI is InChI=1S/C26H23F3N4O2S/c1-3-23(25(34)30-21-14-13-17(27)15-20(21)29)36-26-32-31-24(33(26)18-9-5-4-6-10-18)16(2)35-22-12-8-7-11-19(22)28/h4-16,23H,3H2,1-2H3,(H,30,34). The third-order valence-corrected chi connectivity index (χ3v) is 6.58. The highest BCUT2D eigenvalue weighted by Crippen LogP contribution is 2.32. The maximum absolute atomic E-state index is 14.2. The van der Waals surface area contributed by atoms with Crippen LogP contribution in [-0.4, -0.2) is 25.9 Å². The van der Waals surface area contributed by atoms with Crippen LogP contribution in [0.2, 0.25) is 0 Å². The number of para-hydroxylation sites is 2. The first-order valence-corrected chi connectivity index (χ1v) is 12.1. The van der Waals surface area contributed by atoms with E-state index in [4.69, 9.17) is 4.74 Å². The first kappa shape index (κ1) is 25.3. The van der Waals surface area contributed by atoms with Gasteiger partial charge in [-0.3, -0.25) is 9.36 Å². The van der Waals surface area contributed by atoms with Gasteiger partial charge in [-0.15, -0.1) is 10.2 Å². The molecule has 1 N–H and O–H groups in total. The number of nitrogens with one attached hydrogen (secondary N) is 1. The van der Waals surface area contributed by atoms with Crippen molar-refractivity contribution in [2.24, 2.45) is 0 Å². The van der Waals surface area contributed by atoms with E-state index in [9.17, 15) is 18.0 Å². The zero-order chi connectivity index (χ0) is 25.7. The third kappa shape index (κ3) is 5.71. The second-order valence-electron chi connectivity index (χ2n) is 7.83. The van der Waals surface area contributed by atoms with E-state index in [0.29, 0.717) is 23.5 Å². The molecule has 1 aromatic heterocycles. The lowest BCUT2D eigenvalue weighted by Crippen LogP contribution is -2.25. The van der Waals surface area contributed by atoms with Crippen molar-refractivity contribution in [1.29, 1.82) is 0 Å². The summed E-state index contributed by atoms with van der Waals surface area (Å²) < 4.78 is 49.0. The van der Waals surface area contributed by atoms with Gasteiger partial charge in [0.15, 0.2) is 28.7 Å². The van der Waals surface area contributed by atoms with Crippen LogP contribution in [0.3, 0.4) is 0 Å². The van der Waals surface area contributed by atoms with Crippen LogP contribution >= 0.6 is 11.8 Å². The number of nitrogens with zero attached hydrogens (tertiary/aromatic N) is 3. The normalized spacial score (nSPS) is 12.7. The van der Waals surface area contributed by atoms with Crippen molar-refractivity contribution in [2.45, 2.75) is 36.8 Å². The molecule has 4 rings (SSSR count). The molecule has 0 saturated carbocycles. The molecule has 0 radical (unpaired) electrons. The summed E-state index contributed by atoms with van der Waals surface area (Å²) in [5.41, 5.74) is 0.612. The van der Waals surface area contributed by atoms with E-state index in [1.807, 2.05) is 37.3 Å². The largest absolute Gasteiger partial charge is 0.480 e. The number of rotatable bonds is 9. The molecule has 0 aliphatic carbocycles. The molecule has 2 unspecified atom stereocenters. The molecule has 186 valence electrons. The van der Waals surface area contributed by atoms with E-state index < -0.39 is 34.7 Å². The van der Waals surface area contributed by atoms with E-state index in [1.54, 1.807) is 23.6 Å². The van der Waals surface area contributed by atoms with Crippen molar-refractivity contribution >= 4 is 23.4 Å². The van der Waals surface area contributed by atoms with Crippen LogP contribution in [0.15, 0.2) is 78.0 Å². The fourth-order valence-electron chi connectivity index (χ4n) is 3.48. The van der Waals surface area contributed by atoms with Gasteiger partial charge in [0.25, 0.3) is 0 Å². The monoisotopic (exact) mass is 512 g/mol. The van der Waals surface area contributed by atoms with Crippen molar-refractivity contribution in [1.82, 2.24) is 14.8 Å². The van der Waals surface area contributed by atoms with Gasteiger partial charge in [0.2, 0.25) is 5.91 Å². The highest BCUT2D eigenvalue weighted by Gasteiger charge is 2.26. The Bertz CT molecular complexity index is 1350. The number of thioether (sulfide) groups is 1. The van der Waals surface area contributed by atoms with Crippen LogP contribution < -0.4 is 10.1 Å². The summed E-state index contributed by atoms with van der Waals surface area (Å²) in [5.74, 6) is -2.08. The summed E-state index contributed by atoms with van der Waals surface area (Å²) in [6.07, 6.45) is -0.274. The Morgan fingerprint density at radius 1 is 1.00 bits per heavy atom. The number of benzene rings is 3. The fourth-order valence-corrected chi connectivity index (χ4v) is 4.46. The first-order valence-electron chi connectivity index (χ1n) is 11.2. The van der Waals surface area contributed by atoms with Gasteiger partial charge >= 0.3 is 0 Å². The first-order chi connectivity index (χ1) is 17.4. The lowest BCUT2D eigenvalue weighted by Gasteiger charge is -2.18. The number of carbonyl (C=O) groups is 1. The second kappa shape index (κ2) is 11.3. The van der Waals surface area contributed by atoms with Crippen molar-refractivity contribution in [3.05, 3.63) is 96.1 Å². The molecule has 3 aromatic carbocycles. The number of hydrogen-bond acceptors (Lipinski definition) is 5. The van der Waals surface area contributed by atoms with E-state index in [0.717, 1.165) is 23.5 Å². The molecular weight excluding hydrogens is 489 g/mol. The van der Waals surface area contributed by atoms with Crippen LogP contribution in [0.1, 0.15) is 32.2 Å². The van der Waals surface area contributed by atoms with Gasteiger partial charge in [-0.2, -0.15) is 0 Å². The zero-order valence-electron chi connectivity index (χ0n) is 19.5. The number of anilines is 1. The molecule has 0 aliphatic heterocycles. The maximum Gasteiger partial charge on any atom is 0.238 e. The molecule has 36 heavy (non-hydrogen) atoms. The van der Waals surface area contributed by atoms with E-state index in [2.05, 4.69) is 15.5 Å². The zero-order valence-corrected chi connectivity index (χ0v) is 20.3. The van der Waals surface area contributed by atoms with Gasteiger partial charge in [0.05, 0.1) is 10.9 Å². The molecule has 1 heterocycles. The van der Waals surface area contributed by atoms with Gasteiger partial charge in [0, 0.05) is 11.8 Å². The number of carbonyl (C=O) groups excluding carboxylic acids is 1. The lowest BCUT2D eigenvalue weighted by molar-refractivity contribution is -0.115. The number of amides is 1. The van der Waals surface area contributed by atoms with Crippen LogP contribution in [0.25, 0.3) is 5.69 Å². The summed E-state index contributed by atoms with van der Waals surface area (Å²) in [6, 6.07) is 18.3. The minimum Gasteiger partial charge on any atom is -0.480 e. The summed E-state index contributed by atoms with van der Waals surface area (Å²) in [6.45, 7) is 3.54. The molecule has 0 fully saturated rings. The predicted molar refractivity (Wildman–Crippen MR) is 132 cm³/mol. The van der Waals surface area contributed by atoms with Crippen molar-refractivity contribution in [3.63, 3.8) is 0 Å². The molecule has 0 spiro atoms. The average Bonchev–Trinajstić information content (AvgIpc) is 3.30. The van der Waals surface area contributed by atoms with Gasteiger partial charge in [0.1, 0.15) is 11.6 Å². The molecule has 0 aliphatic rings. The van der Waals surface area contributed by atoms with Gasteiger partial charge < -0.3 is 10.1 Å². The molecule has 10 heteroatoms. The van der Waals surface area contributed by atoms with Crippen LogP contribution in [0, 0.1) is 17.5 Å². The molecule has 1 amide bonds. The maximum atomic E-state index is 14.2. The van der Waals surface area contributed by atoms with Gasteiger partial charge in [-0.05, 0) is 49.7 Å². The summed E-state index contributed by atoms with van der Waals surface area (Å²) in [7, 11) is 0. The van der Waals surface area contributed by atoms with Crippen molar-refractivity contribution < 1.29 is 22.7 Å². The molecule has 2 atom stereocenters. The molecule has 4 aromatic rings. The smallest absolute Gasteiger partial charge is 0.238 e. The van der Waals surface area contributed by atoms with Gasteiger partial charge in [-0.25, -0.2) is 13.2 Å². The molecular formula is C26H23F3N4O2S. The highest BCUT2D eigenvalue weighted by molar-refractivity contribution is 8.00. The number of ether oxygens (including phenoxy) is 1. The Labute approximate surface area is 210 Å². The topological polar surface area (TPSA) is 69.0 Å². The fraction of sp³-hybridized carbons (Fsp3) is 0.192. The summed E-state index contributed by atoms with van der Waals surface area (Å²) in [4.78, 5) is 12.9. The third-order valence-electron chi connectivity index (χ3n) is 5.28. The SMILES string of the molecule is CCC(Sc1nnc(C(C)Oc2ccccc2F)n1-c1ccccc1)C(=O)Nc1ccc(F)cc1F. The van der Waals surface area contributed by atoms with Crippen LogP contribution in [-0.2, 0) is 4.79 Å². The van der Waals surface area contributed by atoms with Crippen LogP contribution in [0.5, 0.6) is 5.75 Å². The minimum absolute atomic E-state index is 0.0777.